The molecule has 0 amide bonds. The van der Waals surface area contributed by atoms with Crippen LogP contribution < -0.4 is 0 Å². The Hall–Kier alpha value is -1.82. The van der Waals surface area contributed by atoms with E-state index in [-0.39, 0.29) is 0 Å². The van der Waals surface area contributed by atoms with E-state index in [0.29, 0.717) is 11.8 Å². The fourth-order valence-electron chi connectivity index (χ4n) is 3.15. The van der Waals surface area contributed by atoms with E-state index in [9.17, 15) is 0 Å². The van der Waals surface area contributed by atoms with Crippen molar-refractivity contribution in [3.8, 4) is 0 Å². The third kappa shape index (κ3) is 2.85. The summed E-state index contributed by atoms with van der Waals surface area (Å²) in [6.07, 6.45) is 15.8. The molecule has 0 nitrogen and oxygen atoms in total. The predicted octanol–water partition coefficient (Wildman–Crippen LogP) is 5.67. The van der Waals surface area contributed by atoms with Gasteiger partial charge in [0, 0.05) is 11.8 Å². The Kier molecular flexibility index (Phi) is 3.73. The van der Waals surface area contributed by atoms with Crippen molar-refractivity contribution in [3.05, 3.63) is 83.0 Å². The minimum atomic E-state index is 0.546. The van der Waals surface area contributed by atoms with E-state index in [1.807, 2.05) is 0 Å². The van der Waals surface area contributed by atoms with E-state index >= 15 is 0 Å². The average molecular weight is 262 g/mol. The highest BCUT2D eigenvalue weighted by molar-refractivity contribution is 5.38. The van der Waals surface area contributed by atoms with Crippen LogP contribution in [0.2, 0.25) is 0 Å². The second-order valence-corrected chi connectivity index (χ2v) is 6.09. The molecule has 0 N–H and O–H groups in total. The maximum Gasteiger partial charge on any atom is 0.00583 e. The van der Waals surface area contributed by atoms with Gasteiger partial charge in [-0.15, -0.1) is 0 Å². The summed E-state index contributed by atoms with van der Waals surface area (Å²) in [5.41, 5.74) is 5.84. The highest BCUT2D eigenvalue weighted by atomic mass is 14.2. The van der Waals surface area contributed by atoms with E-state index in [4.69, 9.17) is 0 Å². The first-order chi connectivity index (χ1) is 9.72. The molecule has 20 heavy (non-hydrogen) atoms. The zero-order valence-corrected chi connectivity index (χ0v) is 12.3. The van der Waals surface area contributed by atoms with Crippen LogP contribution in [-0.4, -0.2) is 0 Å². The van der Waals surface area contributed by atoms with Crippen LogP contribution in [0.25, 0.3) is 0 Å². The first-order valence-corrected chi connectivity index (χ1v) is 7.50. The number of allylic oxidation sites excluding steroid dienone is 8. The topological polar surface area (TPSA) is 0 Å². The molecule has 2 unspecified atom stereocenters. The van der Waals surface area contributed by atoms with Crippen molar-refractivity contribution in [3.63, 3.8) is 0 Å². The summed E-state index contributed by atoms with van der Waals surface area (Å²) in [4.78, 5) is 0. The highest BCUT2D eigenvalue weighted by Gasteiger charge is 2.15. The molecular weight excluding hydrogens is 240 g/mol. The molecule has 0 heterocycles. The van der Waals surface area contributed by atoms with Gasteiger partial charge in [0.15, 0.2) is 0 Å². The number of benzene rings is 1. The molecule has 0 aromatic heterocycles. The molecule has 2 aliphatic rings. The van der Waals surface area contributed by atoms with Crippen molar-refractivity contribution in [2.75, 3.05) is 0 Å². The molecule has 2 aliphatic carbocycles. The summed E-state index contributed by atoms with van der Waals surface area (Å²) < 4.78 is 0. The van der Waals surface area contributed by atoms with Gasteiger partial charge in [0.05, 0.1) is 0 Å². The Morgan fingerprint density at radius 3 is 1.75 bits per heavy atom. The van der Waals surface area contributed by atoms with Crippen molar-refractivity contribution in [2.45, 2.75) is 38.5 Å². The quantitative estimate of drug-likeness (QED) is 0.644. The maximum atomic E-state index is 2.40. The van der Waals surface area contributed by atoms with Gasteiger partial charge in [-0.25, -0.2) is 0 Å². The molecule has 0 aliphatic heterocycles. The molecule has 0 saturated carbocycles. The molecule has 0 fully saturated rings. The van der Waals surface area contributed by atoms with Gasteiger partial charge < -0.3 is 0 Å². The smallest absolute Gasteiger partial charge is 0.00583 e. The maximum absolute atomic E-state index is 2.40. The lowest BCUT2D eigenvalue weighted by Gasteiger charge is -2.21. The molecule has 0 bridgehead atoms. The Labute approximate surface area is 122 Å². The Bertz CT molecular complexity index is 559. The summed E-state index contributed by atoms with van der Waals surface area (Å²) in [6.45, 7) is 4.44. The minimum Gasteiger partial charge on any atom is -0.0767 e. The van der Waals surface area contributed by atoms with Crippen LogP contribution in [0.15, 0.2) is 71.9 Å². The molecule has 2 atom stereocenters. The highest BCUT2D eigenvalue weighted by Crippen LogP contribution is 2.33. The fourth-order valence-corrected chi connectivity index (χ4v) is 3.15. The van der Waals surface area contributed by atoms with Crippen molar-refractivity contribution in [1.29, 1.82) is 0 Å². The van der Waals surface area contributed by atoms with E-state index in [1.165, 1.54) is 22.3 Å². The Morgan fingerprint density at radius 1 is 0.800 bits per heavy atom. The van der Waals surface area contributed by atoms with E-state index < -0.39 is 0 Å². The molecule has 3 rings (SSSR count). The summed E-state index contributed by atoms with van der Waals surface area (Å²) >= 11 is 0. The first kappa shape index (κ1) is 13.2. The van der Waals surface area contributed by atoms with Gasteiger partial charge in [0.1, 0.15) is 0 Å². The molecule has 1 aromatic carbocycles. The van der Waals surface area contributed by atoms with Gasteiger partial charge in [0.25, 0.3) is 0 Å². The summed E-state index contributed by atoms with van der Waals surface area (Å²) in [7, 11) is 0. The lowest BCUT2D eigenvalue weighted by Crippen LogP contribution is -2.03. The van der Waals surface area contributed by atoms with Gasteiger partial charge >= 0.3 is 0 Å². The largest absolute Gasteiger partial charge is 0.0767 e. The van der Waals surface area contributed by atoms with Crippen molar-refractivity contribution < 1.29 is 0 Å². The molecular formula is C20H22. The van der Waals surface area contributed by atoms with Crippen molar-refractivity contribution >= 4 is 0 Å². The number of hydrogen-bond donors (Lipinski definition) is 0. The van der Waals surface area contributed by atoms with E-state index in [0.717, 1.165) is 12.8 Å². The van der Waals surface area contributed by atoms with Crippen LogP contribution in [-0.2, 0) is 0 Å². The predicted molar refractivity (Wildman–Crippen MR) is 87.0 cm³/mol. The molecule has 0 heteroatoms. The van der Waals surface area contributed by atoms with E-state index in [2.05, 4.69) is 74.6 Å². The minimum absolute atomic E-state index is 0.546. The second-order valence-electron chi connectivity index (χ2n) is 6.09. The lowest BCUT2D eigenvalue weighted by molar-refractivity contribution is 0.789. The SMILES string of the molecule is CC1=CC=CC(c2cccc(C3C=CC=C(C)C3)c2)C1. The van der Waals surface area contributed by atoms with Crippen LogP contribution in [0.5, 0.6) is 0 Å². The van der Waals surface area contributed by atoms with Gasteiger partial charge in [-0.2, -0.15) is 0 Å². The zero-order chi connectivity index (χ0) is 13.9. The number of rotatable bonds is 2. The van der Waals surface area contributed by atoms with Crippen LogP contribution in [0, 0.1) is 0 Å². The van der Waals surface area contributed by atoms with E-state index in [1.54, 1.807) is 0 Å². The molecule has 1 aromatic rings. The summed E-state index contributed by atoms with van der Waals surface area (Å²) in [6, 6.07) is 9.16. The third-order valence-corrected chi connectivity index (χ3v) is 4.30. The second kappa shape index (κ2) is 5.66. The van der Waals surface area contributed by atoms with Gasteiger partial charge in [-0.1, -0.05) is 71.9 Å². The molecule has 0 saturated heterocycles. The molecule has 0 spiro atoms. The monoisotopic (exact) mass is 262 g/mol. The molecule has 0 radical (unpaired) electrons. The third-order valence-electron chi connectivity index (χ3n) is 4.30. The fraction of sp³-hybridized carbons (Fsp3) is 0.300. The standard InChI is InChI=1S/C20H22/c1-15-6-3-8-17(12-15)19-10-5-11-20(14-19)18-9-4-7-16(2)13-18/h3-11,14,17-18H,12-13H2,1-2H3. The Balaban J connectivity index is 1.83. The normalized spacial score (nSPS) is 25.3. The van der Waals surface area contributed by atoms with Gasteiger partial charge in [0.2, 0.25) is 0 Å². The van der Waals surface area contributed by atoms with Gasteiger partial charge in [-0.05, 0) is 37.8 Å². The first-order valence-electron chi connectivity index (χ1n) is 7.50. The van der Waals surface area contributed by atoms with Crippen molar-refractivity contribution in [1.82, 2.24) is 0 Å². The lowest BCUT2D eigenvalue weighted by atomic mass is 9.84. The average Bonchev–Trinajstić information content (AvgIpc) is 2.47. The Morgan fingerprint density at radius 2 is 1.30 bits per heavy atom. The molecule has 102 valence electrons. The van der Waals surface area contributed by atoms with Crippen molar-refractivity contribution in [2.24, 2.45) is 0 Å². The van der Waals surface area contributed by atoms with Crippen LogP contribution in [0.1, 0.15) is 49.7 Å². The summed E-state index contributed by atoms with van der Waals surface area (Å²) in [5.74, 6) is 1.09. The van der Waals surface area contributed by atoms with Crippen LogP contribution in [0.4, 0.5) is 0 Å². The van der Waals surface area contributed by atoms with Gasteiger partial charge in [-0.3, -0.25) is 0 Å². The zero-order valence-electron chi connectivity index (χ0n) is 12.3. The number of hydrogen-bond acceptors (Lipinski definition) is 0. The van der Waals surface area contributed by atoms with Crippen LogP contribution >= 0.6 is 0 Å². The van der Waals surface area contributed by atoms with Crippen LogP contribution in [0.3, 0.4) is 0 Å². The summed E-state index contributed by atoms with van der Waals surface area (Å²) in [5, 5.41) is 0.